The fourth-order valence-corrected chi connectivity index (χ4v) is 8.06. The van der Waals surface area contributed by atoms with Gasteiger partial charge in [-0.3, -0.25) is 14.7 Å². The van der Waals surface area contributed by atoms with E-state index in [9.17, 15) is 30.6 Å². The lowest BCUT2D eigenvalue weighted by atomic mass is 9.78. The van der Waals surface area contributed by atoms with Gasteiger partial charge in [-0.1, -0.05) is 41.5 Å². The summed E-state index contributed by atoms with van der Waals surface area (Å²) in [6.07, 6.45) is -2.15. The maximum atomic E-state index is 11.3. The average molecular weight is 604 g/mol. The molecule has 9 nitrogen and oxygen atoms in total. The zero-order valence-corrected chi connectivity index (χ0v) is 29.1. The summed E-state index contributed by atoms with van der Waals surface area (Å²) < 4.78 is 0. The summed E-state index contributed by atoms with van der Waals surface area (Å²) in [5.74, 6) is -0.587. The Bertz CT molecular complexity index is 647. The molecule has 0 aromatic carbocycles. The zero-order chi connectivity index (χ0) is 32.8. The minimum absolute atomic E-state index is 0.0976. The van der Waals surface area contributed by atoms with Crippen LogP contribution in [0.2, 0.25) is 0 Å². The molecule has 42 heavy (non-hydrogen) atoms. The van der Waals surface area contributed by atoms with Crippen molar-refractivity contribution in [2.45, 2.75) is 118 Å². The van der Waals surface area contributed by atoms with Gasteiger partial charge in [-0.15, -0.1) is 0 Å². The summed E-state index contributed by atoms with van der Waals surface area (Å²) in [7, 11) is 0. The Morgan fingerprint density at radius 3 is 0.714 bits per heavy atom. The van der Waals surface area contributed by atoms with Crippen molar-refractivity contribution < 1.29 is 30.6 Å². The fourth-order valence-electron chi connectivity index (χ4n) is 8.06. The molecule has 6 atom stereocenters. The van der Waals surface area contributed by atoms with Crippen LogP contribution >= 0.6 is 0 Å². The highest BCUT2D eigenvalue weighted by Crippen LogP contribution is 2.31. The van der Waals surface area contributed by atoms with E-state index in [1.54, 1.807) is 41.5 Å². The van der Waals surface area contributed by atoms with Crippen LogP contribution in [-0.4, -0.2) is 139 Å². The maximum absolute atomic E-state index is 11.3. The Labute approximate surface area is 257 Å². The van der Waals surface area contributed by atoms with Gasteiger partial charge in [0.05, 0.1) is 35.1 Å². The maximum Gasteiger partial charge on any atom is 0.0724 e. The summed E-state index contributed by atoms with van der Waals surface area (Å²) in [4.78, 5) is 6.67. The van der Waals surface area contributed by atoms with Gasteiger partial charge in [0.2, 0.25) is 0 Å². The van der Waals surface area contributed by atoms with Crippen LogP contribution in [-0.2, 0) is 0 Å². The third kappa shape index (κ3) is 12.6. The lowest BCUT2D eigenvalue weighted by Gasteiger charge is -2.39. The number of hydrogen-bond donors (Lipinski definition) is 6. The third-order valence-corrected chi connectivity index (χ3v) is 9.38. The van der Waals surface area contributed by atoms with E-state index in [0.29, 0.717) is 58.9 Å². The van der Waals surface area contributed by atoms with Gasteiger partial charge in [0, 0.05) is 76.7 Å². The van der Waals surface area contributed by atoms with Crippen molar-refractivity contribution in [1.29, 1.82) is 0 Å². The van der Waals surface area contributed by atoms with Gasteiger partial charge in [0.1, 0.15) is 0 Å². The monoisotopic (exact) mass is 604 g/mol. The summed E-state index contributed by atoms with van der Waals surface area (Å²) in [6.45, 7) is 28.0. The number of rotatable bonds is 15. The molecule has 0 aromatic rings. The van der Waals surface area contributed by atoms with Crippen LogP contribution in [0.25, 0.3) is 0 Å². The Kier molecular flexibility index (Phi) is 15.4. The first kappa shape index (κ1) is 39.7. The average Bonchev–Trinajstić information content (AvgIpc) is 2.81. The molecule has 0 bridgehead atoms. The molecule has 6 N–H and O–H groups in total. The van der Waals surface area contributed by atoms with Crippen LogP contribution in [0.15, 0.2) is 0 Å². The highest BCUT2D eigenvalue weighted by Gasteiger charge is 2.39. The van der Waals surface area contributed by atoms with Crippen molar-refractivity contribution in [3.05, 3.63) is 0 Å². The van der Waals surface area contributed by atoms with E-state index in [1.165, 1.54) is 0 Å². The SMILES string of the molecule is CC(C)C(C(O)CN1CCN(CC(O)C(C(C)C)C(C)(C)O)CCN(CC(O)C(C(C)C)C(C)(C)O)CC1)C(C)(C)O. The van der Waals surface area contributed by atoms with E-state index in [-0.39, 0.29) is 35.5 Å². The molecule has 252 valence electrons. The normalized spacial score (nSPS) is 22.5. The van der Waals surface area contributed by atoms with Crippen molar-refractivity contribution in [2.24, 2.45) is 35.5 Å². The molecule has 0 spiro atoms. The number of nitrogens with zero attached hydrogens (tertiary/aromatic N) is 3. The molecule has 0 aliphatic carbocycles. The van der Waals surface area contributed by atoms with Crippen LogP contribution in [0.5, 0.6) is 0 Å². The van der Waals surface area contributed by atoms with E-state index >= 15 is 0 Å². The number of hydrogen-bond acceptors (Lipinski definition) is 9. The summed E-state index contributed by atoms with van der Waals surface area (Å²) in [6, 6.07) is 0. The van der Waals surface area contributed by atoms with Crippen LogP contribution in [0.3, 0.4) is 0 Å². The zero-order valence-electron chi connectivity index (χ0n) is 29.1. The number of aliphatic hydroxyl groups is 6. The molecule has 1 saturated heterocycles. The van der Waals surface area contributed by atoms with Gasteiger partial charge in [-0.2, -0.15) is 0 Å². The molecule has 0 aromatic heterocycles. The van der Waals surface area contributed by atoms with Gasteiger partial charge < -0.3 is 30.6 Å². The molecular formula is C33H69N3O6. The van der Waals surface area contributed by atoms with Crippen molar-refractivity contribution in [2.75, 3.05) is 58.9 Å². The Hall–Kier alpha value is -0.360. The quantitative estimate of drug-likeness (QED) is 0.167. The summed E-state index contributed by atoms with van der Waals surface area (Å²) in [5, 5.41) is 66.3. The lowest BCUT2D eigenvalue weighted by Crippen LogP contribution is -2.50. The molecule has 1 fully saturated rings. The van der Waals surface area contributed by atoms with E-state index in [4.69, 9.17) is 0 Å². The molecule has 1 aliphatic rings. The van der Waals surface area contributed by atoms with Crippen molar-refractivity contribution in [3.8, 4) is 0 Å². The Balaban J connectivity index is 3.24. The van der Waals surface area contributed by atoms with Crippen molar-refractivity contribution >= 4 is 0 Å². The predicted octanol–water partition coefficient (Wildman–Crippen LogP) is 2.12. The molecule has 1 heterocycles. The molecule has 1 aliphatic heterocycles. The molecule has 9 heteroatoms. The highest BCUT2D eigenvalue weighted by atomic mass is 16.3. The van der Waals surface area contributed by atoms with Crippen LogP contribution < -0.4 is 0 Å². The van der Waals surface area contributed by atoms with Crippen molar-refractivity contribution in [3.63, 3.8) is 0 Å². The molecular weight excluding hydrogens is 534 g/mol. The van der Waals surface area contributed by atoms with Gasteiger partial charge in [-0.25, -0.2) is 0 Å². The van der Waals surface area contributed by atoms with E-state index < -0.39 is 35.1 Å². The van der Waals surface area contributed by atoms with Crippen molar-refractivity contribution in [1.82, 2.24) is 14.7 Å². The molecule has 1 rings (SSSR count). The molecule has 0 radical (unpaired) electrons. The first-order valence-electron chi connectivity index (χ1n) is 16.3. The van der Waals surface area contributed by atoms with Gasteiger partial charge in [0.25, 0.3) is 0 Å². The largest absolute Gasteiger partial charge is 0.391 e. The summed E-state index contributed by atoms with van der Waals surface area (Å²) >= 11 is 0. The van der Waals surface area contributed by atoms with Crippen LogP contribution in [0.4, 0.5) is 0 Å². The van der Waals surface area contributed by atoms with E-state index in [1.807, 2.05) is 41.5 Å². The van der Waals surface area contributed by atoms with E-state index in [2.05, 4.69) is 14.7 Å². The van der Waals surface area contributed by atoms with Gasteiger partial charge in [-0.05, 0) is 59.3 Å². The highest BCUT2D eigenvalue weighted by molar-refractivity contribution is 4.91. The fraction of sp³-hybridized carbons (Fsp3) is 1.00. The first-order valence-corrected chi connectivity index (χ1v) is 16.3. The standard InChI is InChI=1S/C33H69N3O6/c1-22(2)28(31(7,8)40)25(37)19-34-13-15-35(20-26(38)29(23(3)4)32(9,10)41)17-18-36(16-14-34)21-27(39)30(24(5)6)33(11,12)42/h22-30,37-42H,13-21H2,1-12H3. The molecule has 0 amide bonds. The molecule has 6 unspecified atom stereocenters. The molecule has 0 saturated carbocycles. The van der Waals surface area contributed by atoms with Gasteiger partial charge >= 0.3 is 0 Å². The predicted molar refractivity (Wildman–Crippen MR) is 171 cm³/mol. The van der Waals surface area contributed by atoms with Crippen LogP contribution in [0.1, 0.15) is 83.1 Å². The topological polar surface area (TPSA) is 131 Å². The van der Waals surface area contributed by atoms with Gasteiger partial charge in [0.15, 0.2) is 0 Å². The second-order valence-corrected chi connectivity index (χ2v) is 15.9. The minimum Gasteiger partial charge on any atom is -0.391 e. The summed E-state index contributed by atoms with van der Waals surface area (Å²) in [5.41, 5.74) is -3.07. The van der Waals surface area contributed by atoms with E-state index in [0.717, 1.165) is 0 Å². The number of β-amino-alcohol motifs (C(OH)–C–C–N with tert-alkyl or cyclic N) is 3. The Morgan fingerprint density at radius 2 is 0.595 bits per heavy atom. The third-order valence-electron chi connectivity index (χ3n) is 9.38. The number of aliphatic hydroxyl groups excluding tert-OH is 3. The second kappa shape index (κ2) is 16.3. The smallest absolute Gasteiger partial charge is 0.0724 e. The first-order chi connectivity index (χ1) is 19.0. The Morgan fingerprint density at radius 1 is 0.429 bits per heavy atom. The second-order valence-electron chi connectivity index (χ2n) is 15.9. The van der Waals surface area contributed by atoms with Crippen LogP contribution in [0, 0.1) is 35.5 Å². The lowest BCUT2D eigenvalue weighted by molar-refractivity contribution is -0.0800. The minimum atomic E-state index is -1.02.